The fourth-order valence-electron chi connectivity index (χ4n) is 1.73. The highest BCUT2D eigenvalue weighted by Crippen LogP contribution is 2.05. The lowest BCUT2D eigenvalue weighted by Crippen LogP contribution is -2.35. The number of hydrogen-bond donors (Lipinski definition) is 1. The van der Waals surface area contributed by atoms with Crippen LogP contribution in [-0.4, -0.2) is 9.97 Å². The molecule has 0 N–H and O–H groups in total. The van der Waals surface area contributed by atoms with Gasteiger partial charge in [0.15, 0.2) is 0 Å². The van der Waals surface area contributed by atoms with Gasteiger partial charge in [0.05, 0.1) is 11.0 Å². The van der Waals surface area contributed by atoms with Crippen LogP contribution in [0.2, 0.25) is 0 Å². The van der Waals surface area contributed by atoms with Gasteiger partial charge in [0.2, 0.25) is 0 Å². The molecule has 0 radical (unpaired) electrons. The van der Waals surface area contributed by atoms with E-state index in [1.807, 2.05) is 5.41 Å². The molecule has 2 nitrogen and oxygen atoms in total. The molecule has 0 fully saturated rings. The van der Waals surface area contributed by atoms with Gasteiger partial charge in [-0.2, -0.15) is 12.6 Å². The van der Waals surface area contributed by atoms with Gasteiger partial charge >= 0.3 is 0 Å². The molecule has 0 saturated heterocycles. The average Bonchev–Trinajstić information content (AvgIpc) is 2.26. The molecule has 0 aromatic carbocycles. The van der Waals surface area contributed by atoms with Crippen molar-refractivity contribution in [2.24, 2.45) is 5.92 Å². The second-order valence-electron chi connectivity index (χ2n) is 4.87. The van der Waals surface area contributed by atoms with Crippen molar-refractivity contribution in [3.8, 4) is 0 Å². The second kappa shape index (κ2) is 6.20. The van der Waals surface area contributed by atoms with Gasteiger partial charge in [-0.05, 0) is 17.2 Å². The first-order valence-electron chi connectivity index (χ1n) is 6.22. The molecule has 0 spiro atoms. The first-order valence-corrected chi connectivity index (χ1v) is 6.74. The summed E-state index contributed by atoms with van der Waals surface area (Å²) in [4.78, 5) is 9.22. The van der Waals surface area contributed by atoms with Gasteiger partial charge in [0.25, 0.3) is 0 Å². The second-order valence-corrected chi connectivity index (χ2v) is 5.13. The highest BCUT2D eigenvalue weighted by molar-refractivity contribution is 7.88. The van der Waals surface area contributed by atoms with Crippen molar-refractivity contribution in [2.75, 3.05) is 0 Å². The van der Waals surface area contributed by atoms with Crippen molar-refractivity contribution in [3.05, 3.63) is 22.1 Å². The minimum absolute atomic E-state index is 0.390. The molecule has 17 heavy (non-hydrogen) atoms. The van der Waals surface area contributed by atoms with Gasteiger partial charge in [-0.15, -0.1) is 0 Å². The van der Waals surface area contributed by atoms with Crippen molar-refractivity contribution in [1.82, 2.24) is 9.97 Å². The lowest BCUT2D eigenvalue weighted by Gasteiger charge is -2.08. The van der Waals surface area contributed by atoms with Crippen LogP contribution < -0.4 is 10.6 Å². The molecular weight excluding hydrogens is 228 g/mol. The van der Waals surface area contributed by atoms with Crippen molar-refractivity contribution >= 4 is 24.1 Å². The van der Waals surface area contributed by atoms with E-state index in [2.05, 4.69) is 63.3 Å². The molecule has 0 saturated carbocycles. The lowest BCUT2D eigenvalue weighted by molar-refractivity contribution is 0.765. The van der Waals surface area contributed by atoms with E-state index in [0.29, 0.717) is 11.8 Å². The molecule has 0 atom stereocenters. The maximum absolute atomic E-state index is 4.62. The summed E-state index contributed by atoms with van der Waals surface area (Å²) < 4.78 is 0. The third-order valence-electron chi connectivity index (χ3n) is 2.53. The molecule has 3 heteroatoms. The van der Waals surface area contributed by atoms with Gasteiger partial charge in [-0.1, -0.05) is 40.7 Å². The molecule has 1 aromatic heterocycles. The standard InChI is InChI=1S/C14H22N2S/c1-6-13-15-12(7-9(2)3)11(8-17)14(16-13)10(4)5/h7-10,17H,6H2,1-5H3/b11-8+,12-7+. The van der Waals surface area contributed by atoms with Crippen LogP contribution in [0.3, 0.4) is 0 Å². The van der Waals surface area contributed by atoms with Gasteiger partial charge < -0.3 is 0 Å². The van der Waals surface area contributed by atoms with Crippen molar-refractivity contribution in [3.63, 3.8) is 0 Å². The summed E-state index contributed by atoms with van der Waals surface area (Å²) in [5, 5.41) is 3.91. The smallest absolute Gasteiger partial charge is 0.129 e. The Morgan fingerprint density at radius 1 is 1.18 bits per heavy atom. The summed E-state index contributed by atoms with van der Waals surface area (Å²) in [5.74, 6) is 1.78. The number of nitrogens with zero attached hydrogens (tertiary/aromatic N) is 2. The SMILES string of the molecule is CCc1nc(C(C)C)c(=C/S)/c(=C\C(C)C)n1. The average molecular weight is 250 g/mol. The summed E-state index contributed by atoms with van der Waals surface area (Å²) in [6.07, 6.45) is 3.04. The maximum Gasteiger partial charge on any atom is 0.129 e. The highest BCUT2D eigenvalue weighted by Gasteiger charge is 2.07. The number of aryl methyl sites for hydroxylation is 1. The normalized spacial score (nSPS) is 14.1. The fourth-order valence-corrected chi connectivity index (χ4v) is 1.99. The summed E-state index contributed by atoms with van der Waals surface area (Å²) in [5.41, 5.74) is 1.10. The quantitative estimate of drug-likeness (QED) is 0.833. The molecule has 0 bridgehead atoms. The largest absolute Gasteiger partial charge is 0.237 e. The number of aromatic nitrogens is 2. The Labute approximate surface area is 109 Å². The predicted molar refractivity (Wildman–Crippen MR) is 77.5 cm³/mol. The summed E-state index contributed by atoms with van der Waals surface area (Å²) >= 11 is 4.30. The topological polar surface area (TPSA) is 25.8 Å². The van der Waals surface area contributed by atoms with Gasteiger partial charge in [0, 0.05) is 11.6 Å². The Bertz CT molecular complexity index is 490. The number of hydrogen-bond acceptors (Lipinski definition) is 3. The van der Waals surface area contributed by atoms with Crippen molar-refractivity contribution in [2.45, 2.75) is 47.0 Å². The maximum atomic E-state index is 4.62. The summed E-state index contributed by atoms with van der Waals surface area (Å²) in [6.45, 7) is 10.7. The van der Waals surface area contributed by atoms with E-state index in [1.165, 1.54) is 0 Å². The van der Waals surface area contributed by atoms with E-state index in [0.717, 1.165) is 28.5 Å². The Hall–Kier alpha value is -0.830. The minimum atomic E-state index is 0.390. The monoisotopic (exact) mass is 250 g/mol. The molecule has 0 unspecified atom stereocenters. The zero-order chi connectivity index (χ0) is 13.0. The Kier molecular flexibility index (Phi) is 5.19. The highest BCUT2D eigenvalue weighted by atomic mass is 32.1. The fraction of sp³-hybridized carbons (Fsp3) is 0.571. The number of rotatable bonds is 3. The number of thiol groups is 1. The zero-order valence-corrected chi connectivity index (χ0v) is 12.3. The molecule has 0 aliphatic heterocycles. The van der Waals surface area contributed by atoms with Crippen LogP contribution in [-0.2, 0) is 6.42 Å². The Balaban J connectivity index is 3.64. The first-order chi connectivity index (χ1) is 7.99. The molecule has 1 aromatic rings. The Morgan fingerprint density at radius 2 is 1.82 bits per heavy atom. The van der Waals surface area contributed by atoms with Gasteiger partial charge in [-0.3, -0.25) is 0 Å². The van der Waals surface area contributed by atoms with E-state index >= 15 is 0 Å². The van der Waals surface area contributed by atoms with E-state index in [4.69, 9.17) is 0 Å². The van der Waals surface area contributed by atoms with E-state index < -0.39 is 0 Å². The van der Waals surface area contributed by atoms with Crippen LogP contribution in [0.1, 0.15) is 52.1 Å². The van der Waals surface area contributed by atoms with Crippen LogP contribution >= 0.6 is 12.6 Å². The van der Waals surface area contributed by atoms with Crippen LogP contribution in [0.25, 0.3) is 11.5 Å². The van der Waals surface area contributed by atoms with Crippen LogP contribution in [0, 0.1) is 5.92 Å². The van der Waals surface area contributed by atoms with E-state index in [1.54, 1.807) is 0 Å². The minimum Gasteiger partial charge on any atom is -0.237 e. The predicted octanol–water partition coefficient (Wildman–Crippen LogP) is 2.27. The van der Waals surface area contributed by atoms with Crippen LogP contribution in [0.5, 0.6) is 0 Å². The van der Waals surface area contributed by atoms with Crippen LogP contribution in [0.15, 0.2) is 0 Å². The van der Waals surface area contributed by atoms with Crippen molar-refractivity contribution < 1.29 is 0 Å². The zero-order valence-electron chi connectivity index (χ0n) is 11.4. The lowest BCUT2D eigenvalue weighted by atomic mass is 10.1. The first kappa shape index (κ1) is 14.2. The Morgan fingerprint density at radius 3 is 2.24 bits per heavy atom. The van der Waals surface area contributed by atoms with Gasteiger partial charge in [-0.25, -0.2) is 9.97 Å². The molecule has 1 rings (SSSR count). The summed E-state index contributed by atoms with van der Waals surface area (Å²) in [7, 11) is 0. The molecule has 0 amide bonds. The van der Waals surface area contributed by atoms with E-state index in [9.17, 15) is 0 Å². The molecule has 0 aliphatic carbocycles. The van der Waals surface area contributed by atoms with Crippen molar-refractivity contribution in [1.29, 1.82) is 0 Å². The molecule has 1 heterocycles. The van der Waals surface area contributed by atoms with Crippen LogP contribution in [0.4, 0.5) is 0 Å². The van der Waals surface area contributed by atoms with Gasteiger partial charge in [0.1, 0.15) is 5.82 Å². The summed E-state index contributed by atoms with van der Waals surface area (Å²) in [6, 6.07) is 0. The van der Waals surface area contributed by atoms with E-state index in [-0.39, 0.29) is 0 Å². The third kappa shape index (κ3) is 3.56. The molecule has 94 valence electrons. The molecule has 0 aliphatic rings. The third-order valence-corrected chi connectivity index (χ3v) is 2.79. The molecular formula is C14H22N2S.